The summed E-state index contributed by atoms with van der Waals surface area (Å²) in [5.41, 5.74) is 1.45. The number of hydrogen-bond donors (Lipinski definition) is 3. The predicted octanol–water partition coefficient (Wildman–Crippen LogP) is 3.76. The Bertz CT molecular complexity index is 678. The number of carbonyl (C=O) groups excluding carboxylic acids is 1. The van der Waals surface area contributed by atoms with E-state index >= 15 is 0 Å². The van der Waals surface area contributed by atoms with E-state index < -0.39 is 0 Å². The lowest BCUT2D eigenvalue weighted by Gasteiger charge is -2.32. The summed E-state index contributed by atoms with van der Waals surface area (Å²) in [6.07, 6.45) is 3.51. The second-order valence-corrected chi connectivity index (χ2v) is 8.86. The minimum absolute atomic E-state index is 0. The number of halogens is 1. The minimum Gasteiger partial charge on any atom is -0.357 e. The van der Waals surface area contributed by atoms with Crippen LogP contribution >= 0.6 is 24.0 Å². The first-order valence-electron chi connectivity index (χ1n) is 11.0. The molecule has 1 aromatic rings. The smallest absolute Gasteiger partial charge is 0.251 e. The number of amides is 1. The Morgan fingerprint density at radius 2 is 1.90 bits per heavy atom. The van der Waals surface area contributed by atoms with Gasteiger partial charge >= 0.3 is 0 Å². The summed E-state index contributed by atoms with van der Waals surface area (Å²) in [7, 11) is 0. The SMILES string of the molecule is CCCN1CCC(NC(=NCc2cccc(C(=O)NC(C)(C)C)c2)NCC)CC1.I. The summed E-state index contributed by atoms with van der Waals surface area (Å²) in [4.78, 5) is 19.7. The molecule has 0 aromatic heterocycles. The Labute approximate surface area is 199 Å². The van der Waals surface area contributed by atoms with Crippen molar-refractivity contribution in [2.45, 2.75) is 72.0 Å². The van der Waals surface area contributed by atoms with Gasteiger partial charge in [-0.2, -0.15) is 0 Å². The zero-order valence-corrected chi connectivity index (χ0v) is 21.6. The zero-order valence-electron chi connectivity index (χ0n) is 19.3. The average molecular weight is 530 g/mol. The number of nitrogens with zero attached hydrogens (tertiary/aromatic N) is 2. The van der Waals surface area contributed by atoms with Gasteiger partial charge in [0.05, 0.1) is 6.54 Å². The summed E-state index contributed by atoms with van der Waals surface area (Å²) in [5, 5.41) is 9.95. The van der Waals surface area contributed by atoms with Crippen molar-refractivity contribution in [3.8, 4) is 0 Å². The molecule has 1 aliphatic heterocycles. The zero-order chi connectivity index (χ0) is 21.3. The Morgan fingerprint density at radius 3 is 2.50 bits per heavy atom. The monoisotopic (exact) mass is 529 g/mol. The molecule has 1 aliphatic rings. The molecule has 6 nitrogen and oxygen atoms in total. The van der Waals surface area contributed by atoms with Crippen LogP contribution in [0.25, 0.3) is 0 Å². The quantitative estimate of drug-likeness (QED) is 0.286. The molecule has 170 valence electrons. The number of hydrogen-bond acceptors (Lipinski definition) is 3. The maximum absolute atomic E-state index is 12.4. The van der Waals surface area contributed by atoms with Crippen LogP contribution in [0.4, 0.5) is 0 Å². The van der Waals surface area contributed by atoms with E-state index in [4.69, 9.17) is 4.99 Å². The van der Waals surface area contributed by atoms with Crippen LogP contribution in [-0.4, -0.2) is 54.5 Å². The molecule has 1 fully saturated rings. The number of nitrogens with one attached hydrogen (secondary N) is 3. The van der Waals surface area contributed by atoms with Crippen LogP contribution in [0.3, 0.4) is 0 Å². The summed E-state index contributed by atoms with van der Waals surface area (Å²) < 4.78 is 0. The van der Waals surface area contributed by atoms with E-state index in [9.17, 15) is 4.79 Å². The number of carbonyl (C=O) groups is 1. The van der Waals surface area contributed by atoms with E-state index in [-0.39, 0.29) is 35.4 Å². The highest BCUT2D eigenvalue weighted by Crippen LogP contribution is 2.11. The molecular formula is C23H40IN5O. The van der Waals surface area contributed by atoms with Crippen molar-refractivity contribution in [3.63, 3.8) is 0 Å². The van der Waals surface area contributed by atoms with Crippen molar-refractivity contribution in [1.82, 2.24) is 20.9 Å². The second kappa shape index (κ2) is 13.1. The summed E-state index contributed by atoms with van der Waals surface area (Å²) in [6.45, 7) is 15.1. The highest BCUT2D eigenvalue weighted by atomic mass is 127. The molecule has 1 heterocycles. The van der Waals surface area contributed by atoms with Crippen molar-refractivity contribution in [2.24, 2.45) is 4.99 Å². The fourth-order valence-electron chi connectivity index (χ4n) is 3.52. The van der Waals surface area contributed by atoms with Gasteiger partial charge in [0.2, 0.25) is 0 Å². The van der Waals surface area contributed by atoms with Crippen molar-refractivity contribution in [1.29, 1.82) is 0 Å². The number of benzene rings is 1. The van der Waals surface area contributed by atoms with Gasteiger partial charge in [0, 0.05) is 36.8 Å². The molecule has 1 aromatic carbocycles. The van der Waals surface area contributed by atoms with Crippen LogP contribution < -0.4 is 16.0 Å². The van der Waals surface area contributed by atoms with Gasteiger partial charge in [-0.3, -0.25) is 4.79 Å². The third-order valence-corrected chi connectivity index (χ3v) is 4.91. The van der Waals surface area contributed by atoms with E-state index in [1.165, 1.54) is 13.0 Å². The van der Waals surface area contributed by atoms with Gasteiger partial charge in [-0.25, -0.2) is 4.99 Å². The molecule has 1 amide bonds. The molecular weight excluding hydrogens is 489 g/mol. The maximum Gasteiger partial charge on any atom is 0.251 e. The molecule has 0 saturated carbocycles. The molecule has 0 aliphatic carbocycles. The van der Waals surface area contributed by atoms with Gasteiger partial charge in [0.25, 0.3) is 5.91 Å². The molecule has 0 bridgehead atoms. The van der Waals surface area contributed by atoms with E-state index in [1.54, 1.807) is 0 Å². The number of guanidine groups is 1. The van der Waals surface area contributed by atoms with Gasteiger partial charge in [0.1, 0.15) is 0 Å². The molecule has 30 heavy (non-hydrogen) atoms. The van der Waals surface area contributed by atoms with Crippen LogP contribution in [0.5, 0.6) is 0 Å². The van der Waals surface area contributed by atoms with Crippen molar-refractivity contribution in [3.05, 3.63) is 35.4 Å². The largest absolute Gasteiger partial charge is 0.357 e. The normalized spacial score (nSPS) is 16.0. The van der Waals surface area contributed by atoms with Gasteiger partial charge in [0.15, 0.2) is 5.96 Å². The van der Waals surface area contributed by atoms with Crippen LogP contribution in [-0.2, 0) is 6.54 Å². The first-order chi connectivity index (χ1) is 13.8. The third-order valence-electron chi connectivity index (χ3n) is 4.91. The van der Waals surface area contributed by atoms with E-state index in [0.29, 0.717) is 18.2 Å². The van der Waals surface area contributed by atoms with E-state index in [2.05, 4.69) is 34.7 Å². The highest BCUT2D eigenvalue weighted by molar-refractivity contribution is 14.0. The third kappa shape index (κ3) is 9.64. The van der Waals surface area contributed by atoms with E-state index in [1.807, 2.05) is 45.0 Å². The van der Waals surface area contributed by atoms with Crippen LogP contribution in [0.1, 0.15) is 69.8 Å². The number of aliphatic imine (C=N–C) groups is 1. The predicted molar refractivity (Wildman–Crippen MR) is 137 cm³/mol. The Balaban J connectivity index is 0.00000450. The van der Waals surface area contributed by atoms with Gasteiger partial charge in [-0.1, -0.05) is 19.1 Å². The Hall–Kier alpha value is -1.35. The van der Waals surface area contributed by atoms with Gasteiger partial charge < -0.3 is 20.9 Å². The van der Waals surface area contributed by atoms with E-state index in [0.717, 1.165) is 44.0 Å². The summed E-state index contributed by atoms with van der Waals surface area (Å²) >= 11 is 0. The van der Waals surface area contributed by atoms with Crippen molar-refractivity contribution < 1.29 is 4.79 Å². The minimum atomic E-state index is -0.250. The summed E-state index contributed by atoms with van der Waals surface area (Å²) in [6, 6.07) is 8.18. The lowest BCUT2D eigenvalue weighted by molar-refractivity contribution is 0.0919. The van der Waals surface area contributed by atoms with Crippen molar-refractivity contribution >= 4 is 35.8 Å². The first-order valence-corrected chi connectivity index (χ1v) is 11.0. The molecule has 1 saturated heterocycles. The second-order valence-electron chi connectivity index (χ2n) is 8.86. The molecule has 7 heteroatoms. The van der Waals surface area contributed by atoms with Crippen LogP contribution in [0.2, 0.25) is 0 Å². The molecule has 0 atom stereocenters. The topological polar surface area (TPSA) is 68.8 Å². The number of piperidine rings is 1. The standard InChI is InChI=1S/C23H39N5O.HI/c1-6-13-28-14-11-20(12-15-28)26-22(24-7-2)25-17-18-9-8-10-19(16-18)21(29)27-23(3,4)5;/h8-10,16,20H,6-7,11-15,17H2,1-5H3,(H,27,29)(H2,24,25,26);1H. The van der Waals surface area contributed by atoms with Crippen LogP contribution in [0.15, 0.2) is 29.3 Å². The van der Waals surface area contributed by atoms with Gasteiger partial charge in [-0.15, -0.1) is 24.0 Å². The fourth-order valence-corrected chi connectivity index (χ4v) is 3.52. The van der Waals surface area contributed by atoms with Crippen LogP contribution in [0, 0.1) is 0 Å². The highest BCUT2D eigenvalue weighted by Gasteiger charge is 2.19. The average Bonchev–Trinajstić information content (AvgIpc) is 2.67. The summed E-state index contributed by atoms with van der Waals surface area (Å²) in [5.74, 6) is 0.804. The lowest BCUT2D eigenvalue weighted by Crippen LogP contribution is -2.48. The maximum atomic E-state index is 12.4. The lowest BCUT2D eigenvalue weighted by atomic mass is 10.1. The molecule has 2 rings (SSSR count). The molecule has 3 N–H and O–H groups in total. The fraction of sp³-hybridized carbons (Fsp3) is 0.652. The van der Waals surface area contributed by atoms with Crippen molar-refractivity contribution in [2.75, 3.05) is 26.2 Å². The Morgan fingerprint density at radius 1 is 1.20 bits per heavy atom. The molecule has 0 unspecified atom stereocenters. The number of likely N-dealkylation sites (tertiary alicyclic amines) is 1. The Kier molecular flexibility index (Phi) is 11.7. The molecule has 0 spiro atoms. The number of rotatable bonds is 7. The molecule has 0 radical (unpaired) electrons. The van der Waals surface area contributed by atoms with Gasteiger partial charge in [-0.05, 0) is 71.2 Å². The first kappa shape index (κ1) is 26.7.